The lowest BCUT2D eigenvalue weighted by Crippen LogP contribution is -1.97. The number of thioether (sulfide) groups is 1. The standard InChI is InChI=1S/C14H18N2O3S/c1-16-11(8-17)7-15-14(16)20-9-10-4-5-12(18-2)13(6-10)19-3/h4-7,17H,8-9H2,1-3H3. The molecule has 1 aromatic heterocycles. The van der Waals surface area contributed by atoms with Gasteiger partial charge in [0.15, 0.2) is 16.7 Å². The third kappa shape index (κ3) is 3.08. The smallest absolute Gasteiger partial charge is 0.168 e. The minimum Gasteiger partial charge on any atom is -0.493 e. The fraction of sp³-hybridized carbons (Fsp3) is 0.357. The van der Waals surface area contributed by atoms with E-state index < -0.39 is 0 Å². The van der Waals surface area contributed by atoms with Crippen LogP contribution in [0.15, 0.2) is 29.6 Å². The summed E-state index contributed by atoms with van der Waals surface area (Å²) in [5.41, 5.74) is 1.93. The maximum Gasteiger partial charge on any atom is 0.168 e. The van der Waals surface area contributed by atoms with Gasteiger partial charge in [-0.15, -0.1) is 0 Å². The Morgan fingerprint density at radius 2 is 2.00 bits per heavy atom. The molecule has 0 aliphatic heterocycles. The monoisotopic (exact) mass is 294 g/mol. The molecule has 0 saturated carbocycles. The van der Waals surface area contributed by atoms with Crippen LogP contribution in [-0.4, -0.2) is 28.9 Å². The molecule has 2 rings (SSSR count). The Morgan fingerprint density at radius 3 is 2.60 bits per heavy atom. The first kappa shape index (κ1) is 14.7. The second-order valence-electron chi connectivity index (χ2n) is 4.23. The Balaban J connectivity index is 2.08. The molecular weight excluding hydrogens is 276 g/mol. The van der Waals surface area contributed by atoms with E-state index in [0.29, 0.717) is 0 Å². The van der Waals surface area contributed by atoms with E-state index in [1.54, 1.807) is 32.2 Å². The molecule has 0 aliphatic carbocycles. The molecular formula is C14H18N2O3S. The highest BCUT2D eigenvalue weighted by Crippen LogP contribution is 2.30. The van der Waals surface area contributed by atoms with Gasteiger partial charge in [0.2, 0.25) is 0 Å². The van der Waals surface area contributed by atoms with Crippen LogP contribution < -0.4 is 9.47 Å². The zero-order valence-corrected chi connectivity index (χ0v) is 12.6. The second-order valence-corrected chi connectivity index (χ2v) is 5.17. The van der Waals surface area contributed by atoms with Crippen molar-refractivity contribution in [2.75, 3.05) is 14.2 Å². The van der Waals surface area contributed by atoms with E-state index in [1.807, 2.05) is 29.8 Å². The lowest BCUT2D eigenvalue weighted by atomic mass is 10.2. The van der Waals surface area contributed by atoms with E-state index in [-0.39, 0.29) is 6.61 Å². The van der Waals surface area contributed by atoms with E-state index in [2.05, 4.69) is 4.98 Å². The maximum absolute atomic E-state index is 9.14. The molecule has 0 aliphatic rings. The highest BCUT2D eigenvalue weighted by molar-refractivity contribution is 7.98. The van der Waals surface area contributed by atoms with Crippen LogP contribution in [0.3, 0.4) is 0 Å². The van der Waals surface area contributed by atoms with Gasteiger partial charge in [-0.2, -0.15) is 0 Å². The number of aliphatic hydroxyl groups excluding tert-OH is 1. The number of benzene rings is 1. The van der Waals surface area contributed by atoms with Crippen molar-refractivity contribution >= 4 is 11.8 Å². The van der Waals surface area contributed by atoms with Crippen molar-refractivity contribution in [2.24, 2.45) is 7.05 Å². The van der Waals surface area contributed by atoms with Crippen LogP contribution in [-0.2, 0) is 19.4 Å². The summed E-state index contributed by atoms with van der Waals surface area (Å²) in [6.07, 6.45) is 1.69. The summed E-state index contributed by atoms with van der Waals surface area (Å²) in [6, 6.07) is 5.86. The van der Waals surface area contributed by atoms with E-state index in [1.165, 1.54) is 0 Å². The van der Waals surface area contributed by atoms with Gasteiger partial charge in [0.05, 0.1) is 32.7 Å². The summed E-state index contributed by atoms with van der Waals surface area (Å²) in [7, 11) is 5.15. The number of nitrogens with zero attached hydrogens (tertiary/aromatic N) is 2. The maximum atomic E-state index is 9.14. The molecule has 6 heteroatoms. The van der Waals surface area contributed by atoms with Crippen molar-refractivity contribution in [3.05, 3.63) is 35.7 Å². The van der Waals surface area contributed by atoms with E-state index >= 15 is 0 Å². The number of hydrogen-bond donors (Lipinski definition) is 1. The predicted molar refractivity (Wildman–Crippen MR) is 78.2 cm³/mol. The van der Waals surface area contributed by atoms with Crippen LogP contribution in [0, 0.1) is 0 Å². The molecule has 0 fully saturated rings. The fourth-order valence-corrected chi connectivity index (χ4v) is 2.74. The van der Waals surface area contributed by atoms with Crippen LogP contribution in [0.2, 0.25) is 0 Å². The van der Waals surface area contributed by atoms with E-state index in [4.69, 9.17) is 14.6 Å². The van der Waals surface area contributed by atoms with Gasteiger partial charge in [-0.1, -0.05) is 17.8 Å². The van der Waals surface area contributed by atoms with Crippen LogP contribution in [0.5, 0.6) is 11.5 Å². The largest absolute Gasteiger partial charge is 0.493 e. The number of aromatic nitrogens is 2. The van der Waals surface area contributed by atoms with Crippen LogP contribution in [0.4, 0.5) is 0 Å². The Labute approximate surface area is 122 Å². The Bertz CT molecular complexity index is 584. The summed E-state index contributed by atoms with van der Waals surface area (Å²) in [4.78, 5) is 4.29. The SMILES string of the molecule is COc1ccc(CSc2ncc(CO)n2C)cc1OC. The minimum atomic E-state index is 0.000415. The number of aliphatic hydroxyl groups is 1. The first-order chi connectivity index (χ1) is 9.69. The van der Waals surface area contributed by atoms with Crippen molar-refractivity contribution in [1.29, 1.82) is 0 Å². The van der Waals surface area contributed by atoms with Crippen molar-refractivity contribution < 1.29 is 14.6 Å². The molecule has 1 N–H and O–H groups in total. The molecule has 5 nitrogen and oxygen atoms in total. The molecule has 20 heavy (non-hydrogen) atoms. The molecule has 108 valence electrons. The number of hydrogen-bond acceptors (Lipinski definition) is 5. The summed E-state index contributed by atoms with van der Waals surface area (Å²) >= 11 is 1.61. The third-order valence-corrected chi connectivity index (χ3v) is 4.13. The van der Waals surface area contributed by atoms with Crippen LogP contribution in [0.25, 0.3) is 0 Å². The van der Waals surface area contributed by atoms with Crippen LogP contribution >= 0.6 is 11.8 Å². The molecule has 0 unspecified atom stereocenters. The number of ether oxygens (including phenoxy) is 2. The average molecular weight is 294 g/mol. The molecule has 0 bridgehead atoms. The predicted octanol–water partition coefficient (Wildman–Crippen LogP) is 2.22. The number of rotatable bonds is 6. The molecule has 0 radical (unpaired) electrons. The van der Waals surface area contributed by atoms with E-state index in [9.17, 15) is 0 Å². The minimum absolute atomic E-state index is 0.000415. The van der Waals surface area contributed by atoms with Gasteiger partial charge < -0.3 is 19.1 Å². The Morgan fingerprint density at radius 1 is 1.25 bits per heavy atom. The summed E-state index contributed by atoms with van der Waals surface area (Å²) in [6.45, 7) is 0.000415. The highest BCUT2D eigenvalue weighted by Gasteiger charge is 2.08. The third-order valence-electron chi connectivity index (χ3n) is 3.02. The summed E-state index contributed by atoms with van der Waals surface area (Å²) < 4.78 is 12.4. The molecule has 0 spiro atoms. The molecule has 1 aromatic carbocycles. The fourth-order valence-electron chi connectivity index (χ4n) is 1.83. The normalized spacial score (nSPS) is 10.6. The van der Waals surface area contributed by atoms with Crippen molar-refractivity contribution in [1.82, 2.24) is 9.55 Å². The van der Waals surface area contributed by atoms with Gasteiger partial charge in [0.25, 0.3) is 0 Å². The van der Waals surface area contributed by atoms with Gasteiger partial charge in [0, 0.05) is 12.8 Å². The summed E-state index contributed by atoms with van der Waals surface area (Å²) in [5, 5.41) is 10.0. The first-order valence-electron chi connectivity index (χ1n) is 6.14. The molecule has 2 aromatic rings. The molecule has 1 heterocycles. The lowest BCUT2D eigenvalue weighted by molar-refractivity contribution is 0.271. The first-order valence-corrected chi connectivity index (χ1v) is 7.13. The highest BCUT2D eigenvalue weighted by atomic mass is 32.2. The zero-order chi connectivity index (χ0) is 14.5. The number of imidazole rings is 1. The van der Waals surface area contributed by atoms with Crippen LogP contribution in [0.1, 0.15) is 11.3 Å². The zero-order valence-electron chi connectivity index (χ0n) is 11.8. The Kier molecular flexibility index (Phi) is 4.92. The van der Waals surface area contributed by atoms with Gasteiger partial charge in [-0.05, 0) is 17.7 Å². The molecule has 0 amide bonds. The topological polar surface area (TPSA) is 56.5 Å². The average Bonchev–Trinajstić information content (AvgIpc) is 2.85. The number of methoxy groups -OCH3 is 2. The van der Waals surface area contributed by atoms with Crippen molar-refractivity contribution in [2.45, 2.75) is 17.5 Å². The second kappa shape index (κ2) is 6.67. The van der Waals surface area contributed by atoms with Gasteiger partial charge in [-0.25, -0.2) is 4.98 Å². The van der Waals surface area contributed by atoms with Crippen molar-refractivity contribution in [3.63, 3.8) is 0 Å². The van der Waals surface area contributed by atoms with Crippen molar-refractivity contribution in [3.8, 4) is 11.5 Å². The summed E-state index contributed by atoms with van der Waals surface area (Å²) in [5.74, 6) is 2.22. The lowest BCUT2D eigenvalue weighted by Gasteiger charge is -2.09. The molecule has 0 atom stereocenters. The van der Waals surface area contributed by atoms with Gasteiger partial charge in [0.1, 0.15) is 0 Å². The Hall–Kier alpha value is -1.66. The molecule has 0 saturated heterocycles. The van der Waals surface area contributed by atoms with Gasteiger partial charge >= 0.3 is 0 Å². The van der Waals surface area contributed by atoms with E-state index in [0.717, 1.165) is 33.7 Å². The quantitative estimate of drug-likeness (QED) is 0.828. The van der Waals surface area contributed by atoms with Gasteiger partial charge in [-0.3, -0.25) is 0 Å².